The minimum atomic E-state index is 0.0729. The number of nitrogens with zero attached hydrogens (tertiary/aromatic N) is 1. The number of unbranched alkanes of at least 4 members (excludes halogenated alkanes) is 5. The molecular formula is C16H27NO2. The first kappa shape index (κ1) is 15.8. The Kier molecular flexibility index (Phi) is 6.13. The van der Waals surface area contributed by atoms with Gasteiger partial charge in [-0.1, -0.05) is 39.0 Å². The highest BCUT2D eigenvalue weighted by Crippen LogP contribution is 2.14. The van der Waals surface area contributed by atoms with Gasteiger partial charge in [0, 0.05) is 11.1 Å². The van der Waals surface area contributed by atoms with Crippen LogP contribution in [0, 0.1) is 20.8 Å². The summed E-state index contributed by atoms with van der Waals surface area (Å²) < 4.78 is 1.21. The minimum absolute atomic E-state index is 0.0729. The maximum Gasteiger partial charge on any atom is 0.188 e. The van der Waals surface area contributed by atoms with Crippen LogP contribution in [0.15, 0.2) is 4.79 Å². The standard InChI is InChI=1S/C16H27NO2/c1-5-6-7-8-9-10-11-15-13(3)16(18)12(2)14(4)17(15)19/h19H,5-11H2,1-4H3. The van der Waals surface area contributed by atoms with Crippen LogP contribution in [-0.4, -0.2) is 9.94 Å². The Morgan fingerprint density at radius 1 is 0.947 bits per heavy atom. The molecule has 108 valence electrons. The fourth-order valence-corrected chi connectivity index (χ4v) is 2.46. The summed E-state index contributed by atoms with van der Waals surface area (Å²) in [6.45, 7) is 7.59. The van der Waals surface area contributed by atoms with Crippen LogP contribution < -0.4 is 5.43 Å². The fraction of sp³-hybridized carbons (Fsp3) is 0.688. The first-order valence-corrected chi connectivity index (χ1v) is 7.41. The van der Waals surface area contributed by atoms with Crippen molar-refractivity contribution in [2.24, 2.45) is 0 Å². The first-order valence-electron chi connectivity index (χ1n) is 7.41. The SMILES string of the molecule is CCCCCCCCc1c(C)c(=O)c(C)c(C)n1O. The maximum atomic E-state index is 12.0. The first-order chi connectivity index (χ1) is 9.00. The van der Waals surface area contributed by atoms with E-state index in [1.165, 1.54) is 36.8 Å². The third-order valence-electron chi connectivity index (χ3n) is 4.00. The zero-order valence-corrected chi connectivity index (χ0v) is 12.8. The molecule has 0 amide bonds. The van der Waals surface area contributed by atoms with Crippen LogP contribution in [-0.2, 0) is 6.42 Å². The van der Waals surface area contributed by atoms with Crippen molar-refractivity contribution in [3.8, 4) is 0 Å². The molecule has 0 spiro atoms. The van der Waals surface area contributed by atoms with Crippen LogP contribution in [0.1, 0.15) is 68.0 Å². The highest BCUT2D eigenvalue weighted by atomic mass is 16.5. The molecule has 19 heavy (non-hydrogen) atoms. The monoisotopic (exact) mass is 265 g/mol. The lowest BCUT2D eigenvalue weighted by Crippen LogP contribution is -2.21. The summed E-state index contributed by atoms with van der Waals surface area (Å²) >= 11 is 0. The zero-order valence-electron chi connectivity index (χ0n) is 12.8. The third kappa shape index (κ3) is 3.85. The van der Waals surface area contributed by atoms with Crippen molar-refractivity contribution in [2.75, 3.05) is 0 Å². The van der Waals surface area contributed by atoms with Gasteiger partial charge in [0.05, 0.1) is 11.4 Å². The molecule has 0 bridgehead atoms. The van der Waals surface area contributed by atoms with Gasteiger partial charge in [-0.2, -0.15) is 4.73 Å². The van der Waals surface area contributed by atoms with E-state index in [1.54, 1.807) is 13.8 Å². The number of aromatic nitrogens is 1. The topological polar surface area (TPSA) is 42.2 Å². The Bertz CT molecular complexity index is 475. The summed E-state index contributed by atoms with van der Waals surface area (Å²) in [7, 11) is 0. The number of hydrogen-bond donors (Lipinski definition) is 1. The van der Waals surface area contributed by atoms with E-state index in [0.717, 1.165) is 18.5 Å². The van der Waals surface area contributed by atoms with E-state index in [4.69, 9.17) is 0 Å². The second kappa shape index (κ2) is 7.37. The predicted molar refractivity (Wildman–Crippen MR) is 79.2 cm³/mol. The van der Waals surface area contributed by atoms with Gasteiger partial charge in [0.2, 0.25) is 0 Å². The van der Waals surface area contributed by atoms with Crippen LogP contribution in [0.25, 0.3) is 0 Å². The molecule has 0 aromatic carbocycles. The predicted octanol–water partition coefficient (Wildman–Crippen LogP) is 3.91. The molecule has 1 rings (SSSR count). The van der Waals surface area contributed by atoms with Gasteiger partial charge >= 0.3 is 0 Å². The van der Waals surface area contributed by atoms with Gasteiger partial charge in [0.1, 0.15) is 0 Å². The molecule has 1 aromatic heterocycles. The van der Waals surface area contributed by atoms with Crippen LogP contribution in [0.2, 0.25) is 0 Å². The van der Waals surface area contributed by atoms with E-state index in [-0.39, 0.29) is 5.43 Å². The Balaban J connectivity index is 2.67. The average Bonchev–Trinajstić information content (AvgIpc) is 2.41. The van der Waals surface area contributed by atoms with Gasteiger partial charge in [-0.3, -0.25) is 4.79 Å². The Morgan fingerprint density at radius 2 is 1.53 bits per heavy atom. The number of pyridine rings is 1. The molecule has 0 fully saturated rings. The van der Waals surface area contributed by atoms with E-state index in [2.05, 4.69) is 6.92 Å². The quantitative estimate of drug-likeness (QED) is 0.600. The molecule has 0 unspecified atom stereocenters. The molecule has 1 heterocycles. The molecule has 1 aromatic rings. The summed E-state index contributed by atoms with van der Waals surface area (Å²) in [6.07, 6.45) is 8.07. The second-order valence-electron chi connectivity index (χ2n) is 5.44. The second-order valence-corrected chi connectivity index (χ2v) is 5.44. The third-order valence-corrected chi connectivity index (χ3v) is 4.00. The average molecular weight is 265 g/mol. The van der Waals surface area contributed by atoms with Crippen molar-refractivity contribution in [1.29, 1.82) is 0 Å². The van der Waals surface area contributed by atoms with E-state index in [1.807, 2.05) is 6.92 Å². The molecule has 0 atom stereocenters. The van der Waals surface area contributed by atoms with Crippen molar-refractivity contribution in [3.63, 3.8) is 0 Å². The fourth-order valence-electron chi connectivity index (χ4n) is 2.46. The molecular weight excluding hydrogens is 238 g/mol. The summed E-state index contributed by atoms with van der Waals surface area (Å²) in [5, 5.41) is 10.1. The molecule has 0 saturated heterocycles. The number of rotatable bonds is 7. The minimum Gasteiger partial charge on any atom is -0.428 e. The van der Waals surface area contributed by atoms with Gasteiger partial charge < -0.3 is 5.21 Å². The van der Waals surface area contributed by atoms with Crippen molar-refractivity contribution >= 4 is 0 Å². The van der Waals surface area contributed by atoms with Gasteiger partial charge in [0.25, 0.3) is 0 Å². The van der Waals surface area contributed by atoms with E-state index >= 15 is 0 Å². The highest BCUT2D eigenvalue weighted by molar-refractivity contribution is 5.29. The molecule has 1 N–H and O–H groups in total. The van der Waals surface area contributed by atoms with Crippen molar-refractivity contribution < 1.29 is 5.21 Å². The molecule has 0 aliphatic rings. The Morgan fingerprint density at radius 3 is 2.16 bits per heavy atom. The largest absolute Gasteiger partial charge is 0.428 e. The van der Waals surface area contributed by atoms with Crippen molar-refractivity contribution in [3.05, 3.63) is 32.7 Å². The van der Waals surface area contributed by atoms with Crippen LogP contribution >= 0.6 is 0 Å². The van der Waals surface area contributed by atoms with Crippen molar-refractivity contribution in [2.45, 2.75) is 72.6 Å². The van der Waals surface area contributed by atoms with Gasteiger partial charge in [-0.25, -0.2) is 0 Å². The summed E-state index contributed by atoms with van der Waals surface area (Å²) in [6, 6.07) is 0. The van der Waals surface area contributed by atoms with Gasteiger partial charge in [-0.15, -0.1) is 0 Å². The van der Waals surface area contributed by atoms with Crippen LogP contribution in [0.3, 0.4) is 0 Å². The number of hydrogen-bond acceptors (Lipinski definition) is 2. The lowest BCUT2D eigenvalue weighted by Gasteiger charge is -2.15. The lowest BCUT2D eigenvalue weighted by atomic mass is 10.0. The van der Waals surface area contributed by atoms with E-state index in [9.17, 15) is 10.0 Å². The van der Waals surface area contributed by atoms with Gasteiger partial charge in [0.15, 0.2) is 5.43 Å². The van der Waals surface area contributed by atoms with Crippen LogP contribution in [0.5, 0.6) is 0 Å². The molecule has 0 radical (unpaired) electrons. The van der Waals surface area contributed by atoms with Crippen LogP contribution in [0.4, 0.5) is 0 Å². The Labute approximate surface area is 116 Å². The normalized spacial score (nSPS) is 10.9. The smallest absolute Gasteiger partial charge is 0.188 e. The molecule has 0 aliphatic carbocycles. The molecule has 3 nitrogen and oxygen atoms in total. The molecule has 3 heteroatoms. The summed E-state index contributed by atoms with van der Waals surface area (Å²) in [5.74, 6) is 0. The summed E-state index contributed by atoms with van der Waals surface area (Å²) in [4.78, 5) is 12.0. The molecule has 0 aliphatic heterocycles. The summed E-state index contributed by atoms with van der Waals surface area (Å²) in [5.41, 5.74) is 2.86. The highest BCUT2D eigenvalue weighted by Gasteiger charge is 2.13. The van der Waals surface area contributed by atoms with E-state index in [0.29, 0.717) is 16.8 Å². The Hall–Kier alpha value is -1.25. The lowest BCUT2D eigenvalue weighted by molar-refractivity contribution is 0.165. The maximum absolute atomic E-state index is 12.0. The van der Waals surface area contributed by atoms with E-state index < -0.39 is 0 Å². The molecule has 0 saturated carbocycles. The van der Waals surface area contributed by atoms with Gasteiger partial charge in [-0.05, 0) is 33.6 Å². The zero-order chi connectivity index (χ0) is 14.4. The van der Waals surface area contributed by atoms with Crippen molar-refractivity contribution in [1.82, 2.24) is 4.73 Å².